The van der Waals surface area contributed by atoms with Crippen molar-refractivity contribution in [1.82, 2.24) is 0 Å². The first-order chi connectivity index (χ1) is 33.6. The van der Waals surface area contributed by atoms with Crippen molar-refractivity contribution in [3.05, 3.63) is 183 Å². The molecule has 6 rings (SSSR count). The van der Waals surface area contributed by atoms with E-state index in [1.54, 1.807) is 0 Å². The summed E-state index contributed by atoms with van der Waals surface area (Å²) in [5.41, 5.74) is -28.4. The highest BCUT2D eigenvalue weighted by atomic mass is 32.1. The zero-order chi connectivity index (χ0) is 56.0. The molecule has 74 heavy (non-hydrogen) atoms. The number of alkyl halides is 24. The molecule has 28 heteroatoms. The second-order valence-corrected chi connectivity index (χ2v) is 16.3. The third-order valence-electron chi connectivity index (χ3n) is 11.0. The van der Waals surface area contributed by atoms with E-state index in [4.69, 9.17) is 0 Å². The highest BCUT2D eigenvalue weighted by molar-refractivity contribution is 7.79. The van der Waals surface area contributed by atoms with E-state index < -0.39 is 195 Å². The smallest absolute Gasteiger partial charge is 0.287 e. The Morgan fingerprint density at radius 2 is 0.608 bits per heavy atom. The molecule has 0 saturated carbocycles. The van der Waals surface area contributed by atoms with E-state index in [1.807, 2.05) is 59.3 Å². The Bertz CT molecular complexity index is 2550. The molecule has 0 unspecified atom stereocenters. The van der Waals surface area contributed by atoms with Crippen molar-refractivity contribution in [1.29, 1.82) is 0 Å². The van der Waals surface area contributed by atoms with Crippen LogP contribution in [0.4, 0.5) is 105 Å². The van der Waals surface area contributed by atoms with E-state index in [2.05, 4.69) is 12.6 Å². The second-order valence-electron chi connectivity index (χ2n) is 16.0. The van der Waals surface area contributed by atoms with Crippen LogP contribution in [0.1, 0.15) is 60.6 Å². The van der Waals surface area contributed by atoms with E-state index in [9.17, 15) is 110 Å². The van der Waals surface area contributed by atoms with Crippen molar-refractivity contribution in [2.24, 2.45) is 0 Å². The number of pyridine rings is 1. The van der Waals surface area contributed by atoms with E-state index in [1.165, 1.54) is 0 Å². The maximum absolute atomic E-state index is 14.2. The second kappa shape index (κ2) is 20.4. The molecular formula is C46H26BF24NOS. The zero-order valence-corrected chi connectivity index (χ0v) is 36.9. The Hall–Kier alpha value is -6.35. The molecule has 1 aromatic heterocycles. The number of carbonyl (C=O) groups is 1. The number of ketones is 1. The lowest BCUT2D eigenvalue weighted by molar-refractivity contribution is -0.689. The molecule has 0 aliphatic carbocycles. The Balaban J connectivity index is 0.000000500. The van der Waals surface area contributed by atoms with Gasteiger partial charge in [0.1, 0.15) is 6.15 Å². The van der Waals surface area contributed by atoms with Gasteiger partial charge in [-0.05, 0) is 24.3 Å². The van der Waals surface area contributed by atoms with Gasteiger partial charge in [-0.25, -0.2) is 0 Å². The number of carbonyl (C=O) groups excluding carboxylic acids is 1. The number of rotatable bonds is 8. The Morgan fingerprint density at radius 3 is 0.838 bits per heavy atom. The fraction of sp³-hybridized carbons (Fsp3) is 0.217. The number of nitrogens with zero attached hydrogens (tertiary/aromatic N) is 1. The molecule has 0 amide bonds. The van der Waals surface area contributed by atoms with Gasteiger partial charge >= 0.3 is 49.4 Å². The maximum atomic E-state index is 14.2. The molecular weight excluding hydrogens is 1080 g/mol. The lowest BCUT2D eigenvalue weighted by Gasteiger charge is -2.46. The van der Waals surface area contributed by atoms with Gasteiger partial charge in [-0.3, -0.25) is 4.79 Å². The molecule has 0 N–H and O–H groups in total. The Labute approximate surface area is 405 Å². The molecule has 0 saturated heterocycles. The van der Waals surface area contributed by atoms with Gasteiger partial charge in [-0.2, -0.15) is 144 Å². The van der Waals surface area contributed by atoms with Gasteiger partial charge in [-0.15, -0.1) is 0 Å². The van der Waals surface area contributed by atoms with Gasteiger partial charge in [0.2, 0.25) is 12.3 Å². The van der Waals surface area contributed by atoms with Crippen LogP contribution >= 0.6 is 12.6 Å². The first-order valence-corrected chi connectivity index (χ1v) is 20.7. The molecule has 398 valence electrons. The summed E-state index contributed by atoms with van der Waals surface area (Å²) in [5.74, 6) is 0.743. The fourth-order valence-corrected chi connectivity index (χ4v) is 8.04. The molecule has 0 spiro atoms. The number of hydrogen-bond acceptors (Lipinski definition) is 2. The highest BCUT2D eigenvalue weighted by Crippen LogP contribution is 2.41. The Morgan fingerprint density at radius 1 is 0.365 bits per heavy atom. The molecule has 0 fully saturated rings. The van der Waals surface area contributed by atoms with Crippen LogP contribution in [0.3, 0.4) is 0 Å². The minimum Gasteiger partial charge on any atom is -0.287 e. The predicted molar refractivity (Wildman–Crippen MR) is 220 cm³/mol. The molecule has 0 bridgehead atoms. The number of Topliss-reactive ketones (excluding diaryl/α,β-unsaturated/α-hetero) is 1. The maximum Gasteiger partial charge on any atom is 0.416 e. The van der Waals surface area contributed by atoms with Crippen LogP contribution in [-0.4, -0.2) is 11.9 Å². The molecule has 0 aliphatic rings. The number of aromatic nitrogens is 1. The predicted octanol–water partition coefficient (Wildman–Crippen LogP) is 13.5. The monoisotopic (exact) mass is 1110 g/mol. The van der Waals surface area contributed by atoms with Crippen LogP contribution in [0, 0.1) is 0 Å². The van der Waals surface area contributed by atoms with E-state index >= 15 is 0 Å². The van der Waals surface area contributed by atoms with Crippen molar-refractivity contribution >= 4 is 46.4 Å². The summed E-state index contributed by atoms with van der Waals surface area (Å²) in [6.07, 6.45) is -52.9. The lowest BCUT2D eigenvalue weighted by Crippen LogP contribution is -2.75. The summed E-state index contributed by atoms with van der Waals surface area (Å²) in [7, 11) is 0. The van der Waals surface area contributed by atoms with Crippen molar-refractivity contribution in [2.75, 3.05) is 0 Å². The summed E-state index contributed by atoms with van der Waals surface area (Å²) in [6.45, 7) is 0.362. The topological polar surface area (TPSA) is 20.9 Å². The van der Waals surface area contributed by atoms with Crippen molar-refractivity contribution in [2.45, 2.75) is 61.7 Å². The normalized spacial score (nSPS) is 13.4. The lowest BCUT2D eigenvalue weighted by atomic mass is 9.12. The summed E-state index contributed by atoms with van der Waals surface area (Å²) in [6, 6.07) is 6.38. The van der Waals surface area contributed by atoms with Crippen molar-refractivity contribution < 1.29 is 115 Å². The largest absolute Gasteiger partial charge is 0.416 e. The van der Waals surface area contributed by atoms with Gasteiger partial charge in [0.05, 0.1) is 50.3 Å². The molecule has 2 nitrogen and oxygen atoms in total. The van der Waals surface area contributed by atoms with Crippen LogP contribution in [-0.2, 0) is 61.7 Å². The number of halogens is 24. The van der Waals surface area contributed by atoms with Crippen LogP contribution in [0.5, 0.6) is 0 Å². The number of hydrogen-bond donors (Lipinski definition) is 1. The van der Waals surface area contributed by atoms with Crippen molar-refractivity contribution in [3.8, 4) is 0 Å². The van der Waals surface area contributed by atoms with E-state index in [0.29, 0.717) is 12.3 Å². The van der Waals surface area contributed by atoms with Crippen LogP contribution in [0.15, 0.2) is 128 Å². The standard InChI is InChI=1S/C32H12BF24.C14H13NOS/c34-25(35,36)13-1-14(26(37,38)39)6-21(5-13)33(22-7-15(27(40,41)42)2-16(8-22)28(43,44)45,23-9-17(29(46,47)48)3-18(10-23)30(49,50)51)24-11-19(31(52,53)54)4-20(12-24)32(55,56)57;16-14(12-6-2-1-3-7-12)10-15-9-5-4-8-13(15)11-17/h1-12H;1-9H,10-11H2/q-1;/p+1. The molecule has 5 aromatic carbocycles. The molecule has 0 atom stereocenters. The van der Waals surface area contributed by atoms with Gasteiger partial charge in [-0.1, -0.05) is 84.9 Å². The van der Waals surface area contributed by atoms with Gasteiger partial charge in [0.25, 0.3) is 0 Å². The van der Waals surface area contributed by atoms with Gasteiger partial charge in [0, 0.05) is 17.7 Å². The molecule has 1 heterocycles. The summed E-state index contributed by atoms with van der Waals surface area (Å²) < 4.78 is 343. The quantitative estimate of drug-likeness (QED) is 0.0530. The zero-order valence-electron chi connectivity index (χ0n) is 36.0. The average Bonchev–Trinajstić information content (AvgIpc) is 3.27. The first-order valence-electron chi connectivity index (χ1n) is 20.1. The molecule has 6 aromatic rings. The van der Waals surface area contributed by atoms with Crippen molar-refractivity contribution in [3.63, 3.8) is 0 Å². The van der Waals surface area contributed by atoms with Crippen LogP contribution in [0.2, 0.25) is 0 Å². The first kappa shape index (κ1) is 58.5. The number of benzene rings is 5. The molecule has 0 aliphatic heterocycles. The van der Waals surface area contributed by atoms with Crippen LogP contribution in [0.25, 0.3) is 0 Å². The minimum absolute atomic E-state index is 0.116. The van der Waals surface area contributed by atoms with Crippen LogP contribution < -0.4 is 26.4 Å². The van der Waals surface area contributed by atoms with E-state index in [-0.39, 0.29) is 5.78 Å². The third kappa shape index (κ3) is 13.5. The van der Waals surface area contributed by atoms with Gasteiger partial charge in [0.15, 0.2) is 11.9 Å². The summed E-state index contributed by atoms with van der Waals surface area (Å²) in [4.78, 5) is 12.0. The minimum atomic E-state index is -6.13. The van der Waals surface area contributed by atoms with E-state index in [0.717, 1.165) is 11.3 Å². The average molecular weight is 1110 g/mol. The summed E-state index contributed by atoms with van der Waals surface area (Å²) in [5, 5.41) is 0. The van der Waals surface area contributed by atoms with Gasteiger partial charge < -0.3 is 0 Å². The Kier molecular flexibility index (Phi) is 16.1. The SMILES string of the molecule is FC(F)(F)c1cc([B-](c2cc(C(F)(F)F)cc(C(F)(F)F)c2)(c2cc(C(F)(F)F)cc(C(F)(F)F)c2)c2cc(C(F)(F)F)cc(C(F)(F)F)c2)cc(C(F)(F)F)c1.O=C(C[n+]1ccccc1CS)c1ccccc1. The highest BCUT2D eigenvalue weighted by Gasteiger charge is 2.47. The summed E-state index contributed by atoms with van der Waals surface area (Å²) >= 11 is 4.26. The third-order valence-corrected chi connectivity index (χ3v) is 11.4. The fourth-order valence-electron chi connectivity index (χ4n) is 7.75. The molecule has 0 radical (unpaired) electrons. The number of thiol groups is 1.